The van der Waals surface area contributed by atoms with Gasteiger partial charge in [-0.3, -0.25) is 4.72 Å². The average molecular weight is 349 g/mol. The van der Waals surface area contributed by atoms with Crippen LogP contribution in [0.1, 0.15) is 18.4 Å². The standard InChI is InChI=1S/C12H17BrN2O3S/c1-8-6-10(13)12(7-11(8)14)15-19(16,17)9-2-4-18-5-3-9/h6-7,9,15H,2-5,14H2,1H3. The summed E-state index contributed by atoms with van der Waals surface area (Å²) in [5, 5.41) is -0.407. The molecule has 0 radical (unpaired) electrons. The molecule has 1 aliphatic rings. The van der Waals surface area contributed by atoms with Crippen molar-refractivity contribution >= 4 is 37.3 Å². The summed E-state index contributed by atoms with van der Waals surface area (Å²) in [6.07, 6.45) is 1.04. The molecule has 1 aromatic carbocycles. The Morgan fingerprint density at radius 1 is 1.37 bits per heavy atom. The van der Waals surface area contributed by atoms with Gasteiger partial charge in [0.25, 0.3) is 0 Å². The summed E-state index contributed by atoms with van der Waals surface area (Å²) in [6, 6.07) is 3.44. The highest BCUT2D eigenvalue weighted by Gasteiger charge is 2.28. The van der Waals surface area contributed by atoms with Gasteiger partial charge in [0.1, 0.15) is 0 Å². The molecule has 5 nitrogen and oxygen atoms in total. The Bertz CT molecular complexity index is 569. The average Bonchev–Trinajstić information content (AvgIpc) is 2.37. The smallest absolute Gasteiger partial charge is 0.235 e. The van der Waals surface area contributed by atoms with Gasteiger partial charge in [-0.05, 0) is 53.4 Å². The summed E-state index contributed by atoms with van der Waals surface area (Å²) in [5.74, 6) is 0. The number of halogens is 1. The minimum atomic E-state index is -3.40. The topological polar surface area (TPSA) is 81.4 Å². The second-order valence-electron chi connectivity index (χ2n) is 4.65. The summed E-state index contributed by atoms with van der Waals surface area (Å²) in [4.78, 5) is 0. The summed E-state index contributed by atoms with van der Waals surface area (Å²) >= 11 is 3.35. The lowest BCUT2D eigenvalue weighted by molar-refractivity contribution is 0.0984. The second kappa shape index (κ2) is 5.68. The molecule has 0 atom stereocenters. The van der Waals surface area contributed by atoms with Crippen molar-refractivity contribution in [2.45, 2.75) is 25.0 Å². The third-order valence-corrected chi connectivity index (χ3v) is 5.72. The Hall–Kier alpha value is -0.790. The maximum absolute atomic E-state index is 12.3. The SMILES string of the molecule is Cc1cc(Br)c(NS(=O)(=O)C2CCOCC2)cc1N. The van der Waals surface area contributed by atoms with E-state index in [-0.39, 0.29) is 0 Å². The molecule has 3 N–H and O–H groups in total. The normalized spacial score (nSPS) is 17.4. The molecule has 1 aromatic rings. The monoisotopic (exact) mass is 348 g/mol. The molecule has 0 unspecified atom stereocenters. The number of rotatable bonds is 3. The maximum atomic E-state index is 12.3. The fourth-order valence-corrected chi connectivity index (χ4v) is 4.13. The van der Waals surface area contributed by atoms with Crippen molar-refractivity contribution in [3.8, 4) is 0 Å². The lowest BCUT2D eigenvalue weighted by Crippen LogP contribution is -2.33. The molecule has 0 aliphatic carbocycles. The van der Waals surface area contributed by atoms with E-state index in [4.69, 9.17) is 10.5 Å². The lowest BCUT2D eigenvalue weighted by atomic mass is 10.2. The number of nitrogens with two attached hydrogens (primary N) is 1. The Morgan fingerprint density at radius 3 is 2.63 bits per heavy atom. The quantitative estimate of drug-likeness (QED) is 0.821. The van der Waals surface area contributed by atoms with Crippen LogP contribution in [0.3, 0.4) is 0 Å². The summed E-state index contributed by atoms with van der Waals surface area (Å²) in [6.45, 7) is 2.85. The van der Waals surface area contributed by atoms with Gasteiger partial charge in [0.05, 0.1) is 10.9 Å². The molecule has 2 rings (SSSR count). The van der Waals surface area contributed by atoms with Crippen molar-refractivity contribution in [3.05, 3.63) is 22.2 Å². The molecule has 1 heterocycles. The molecule has 0 amide bonds. The third kappa shape index (κ3) is 3.40. The lowest BCUT2D eigenvalue weighted by Gasteiger charge is -2.23. The van der Waals surface area contributed by atoms with Crippen LogP contribution in [-0.2, 0) is 14.8 Å². The van der Waals surface area contributed by atoms with E-state index in [1.807, 2.05) is 6.92 Å². The van der Waals surface area contributed by atoms with E-state index < -0.39 is 15.3 Å². The van der Waals surface area contributed by atoms with Crippen LogP contribution in [0.5, 0.6) is 0 Å². The van der Waals surface area contributed by atoms with Crippen LogP contribution in [0.2, 0.25) is 0 Å². The second-order valence-corrected chi connectivity index (χ2v) is 7.46. The summed E-state index contributed by atoms with van der Waals surface area (Å²) in [5.41, 5.74) is 7.76. The largest absolute Gasteiger partial charge is 0.398 e. The zero-order valence-corrected chi connectivity index (χ0v) is 13.1. The number of sulfonamides is 1. The van der Waals surface area contributed by atoms with Gasteiger partial charge in [-0.15, -0.1) is 0 Å². The van der Waals surface area contributed by atoms with Crippen LogP contribution in [0.4, 0.5) is 11.4 Å². The molecule has 1 fully saturated rings. The van der Waals surface area contributed by atoms with E-state index in [9.17, 15) is 8.42 Å². The number of hydrogen-bond acceptors (Lipinski definition) is 4. The van der Waals surface area contributed by atoms with E-state index >= 15 is 0 Å². The molecular weight excluding hydrogens is 332 g/mol. The highest BCUT2D eigenvalue weighted by molar-refractivity contribution is 9.10. The first-order valence-corrected chi connectivity index (χ1v) is 8.39. The number of anilines is 2. The molecule has 7 heteroatoms. The molecule has 1 saturated heterocycles. The Balaban J connectivity index is 2.22. The van der Waals surface area contributed by atoms with Crippen LogP contribution < -0.4 is 10.5 Å². The number of nitrogen functional groups attached to an aromatic ring is 1. The van der Waals surface area contributed by atoms with Crippen LogP contribution in [0.15, 0.2) is 16.6 Å². The minimum absolute atomic E-state index is 0.407. The van der Waals surface area contributed by atoms with Gasteiger partial charge in [-0.25, -0.2) is 8.42 Å². The number of hydrogen-bond donors (Lipinski definition) is 2. The van der Waals surface area contributed by atoms with Gasteiger partial charge in [-0.1, -0.05) is 0 Å². The molecule has 1 aliphatic heterocycles. The zero-order valence-electron chi connectivity index (χ0n) is 10.6. The van der Waals surface area contributed by atoms with Gasteiger partial charge in [-0.2, -0.15) is 0 Å². The summed E-state index contributed by atoms with van der Waals surface area (Å²) in [7, 11) is -3.40. The number of ether oxygens (including phenoxy) is 1. The minimum Gasteiger partial charge on any atom is -0.398 e. The van der Waals surface area contributed by atoms with Crippen LogP contribution in [0.25, 0.3) is 0 Å². The van der Waals surface area contributed by atoms with E-state index in [1.165, 1.54) is 0 Å². The van der Waals surface area contributed by atoms with Gasteiger partial charge < -0.3 is 10.5 Å². The van der Waals surface area contributed by atoms with E-state index in [0.717, 1.165) is 5.56 Å². The van der Waals surface area contributed by atoms with Gasteiger partial charge in [0.15, 0.2) is 0 Å². The van der Waals surface area contributed by atoms with Crippen molar-refractivity contribution in [3.63, 3.8) is 0 Å². The van der Waals surface area contributed by atoms with Crippen molar-refractivity contribution in [1.82, 2.24) is 0 Å². The zero-order chi connectivity index (χ0) is 14.0. The maximum Gasteiger partial charge on any atom is 0.235 e. The van der Waals surface area contributed by atoms with Gasteiger partial charge >= 0.3 is 0 Å². The molecule has 0 spiro atoms. The van der Waals surface area contributed by atoms with Gasteiger partial charge in [0, 0.05) is 23.4 Å². The Labute approximate surface area is 121 Å². The summed E-state index contributed by atoms with van der Waals surface area (Å²) < 4.78 is 33.0. The molecule has 0 bridgehead atoms. The highest BCUT2D eigenvalue weighted by Crippen LogP contribution is 2.30. The molecule has 0 aromatic heterocycles. The molecule has 19 heavy (non-hydrogen) atoms. The van der Waals surface area contributed by atoms with Crippen LogP contribution in [0, 0.1) is 6.92 Å². The third-order valence-electron chi connectivity index (χ3n) is 3.22. The number of benzene rings is 1. The van der Waals surface area contributed by atoms with Crippen molar-refractivity contribution in [1.29, 1.82) is 0 Å². The first-order chi connectivity index (χ1) is 8.90. The Morgan fingerprint density at radius 2 is 2.00 bits per heavy atom. The first kappa shape index (κ1) is 14.6. The highest BCUT2D eigenvalue weighted by atomic mass is 79.9. The van der Waals surface area contributed by atoms with Crippen molar-refractivity contribution in [2.75, 3.05) is 23.7 Å². The van der Waals surface area contributed by atoms with E-state index in [1.54, 1.807) is 12.1 Å². The predicted octanol–water partition coefficient (Wildman–Crippen LogP) is 2.26. The molecule has 106 valence electrons. The van der Waals surface area contributed by atoms with Crippen molar-refractivity contribution in [2.24, 2.45) is 0 Å². The van der Waals surface area contributed by atoms with Gasteiger partial charge in [0.2, 0.25) is 10.0 Å². The fraction of sp³-hybridized carbons (Fsp3) is 0.500. The van der Waals surface area contributed by atoms with Crippen LogP contribution in [-0.4, -0.2) is 26.9 Å². The number of aryl methyl sites for hydroxylation is 1. The molecular formula is C12H17BrN2O3S. The number of nitrogens with one attached hydrogen (secondary N) is 1. The Kier molecular flexibility index (Phi) is 4.37. The fourth-order valence-electron chi connectivity index (χ4n) is 1.99. The van der Waals surface area contributed by atoms with Crippen LogP contribution >= 0.6 is 15.9 Å². The predicted molar refractivity (Wildman–Crippen MR) is 79.7 cm³/mol. The molecule has 0 saturated carbocycles. The first-order valence-electron chi connectivity index (χ1n) is 6.05. The van der Waals surface area contributed by atoms with Crippen molar-refractivity contribution < 1.29 is 13.2 Å². The van der Waals surface area contributed by atoms with E-state index in [0.29, 0.717) is 41.9 Å². The van der Waals surface area contributed by atoms with E-state index in [2.05, 4.69) is 20.7 Å².